The molecule has 2 aromatic carbocycles. The van der Waals surface area contributed by atoms with Gasteiger partial charge in [-0.2, -0.15) is 0 Å². The van der Waals surface area contributed by atoms with Gasteiger partial charge in [0, 0.05) is 12.7 Å². The summed E-state index contributed by atoms with van der Waals surface area (Å²) >= 11 is 0. The first-order valence-electron chi connectivity index (χ1n) is 9.34. The van der Waals surface area contributed by atoms with E-state index in [2.05, 4.69) is 9.71 Å². The number of aromatic nitrogens is 1. The van der Waals surface area contributed by atoms with E-state index >= 15 is 0 Å². The number of nitrogens with zero attached hydrogens (tertiary/aromatic N) is 1. The van der Waals surface area contributed by atoms with Crippen LogP contribution in [0.2, 0.25) is 0 Å². The average molecular weight is 420 g/mol. The third-order valence-electron chi connectivity index (χ3n) is 4.55. The lowest BCUT2D eigenvalue weighted by atomic mass is 10.1. The van der Waals surface area contributed by atoms with E-state index in [0.717, 1.165) is 16.9 Å². The molecule has 0 fully saturated rings. The molecule has 30 heavy (non-hydrogen) atoms. The van der Waals surface area contributed by atoms with Crippen molar-refractivity contribution in [3.63, 3.8) is 0 Å². The predicted molar refractivity (Wildman–Crippen MR) is 114 cm³/mol. The van der Waals surface area contributed by atoms with E-state index in [1.54, 1.807) is 42.8 Å². The Hall–Kier alpha value is -3.42. The number of benzene rings is 2. The Morgan fingerprint density at radius 1 is 0.967 bits per heavy atom. The zero-order valence-corrected chi connectivity index (χ0v) is 17.1. The largest absolute Gasteiger partial charge is 0.463 e. The van der Waals surface area contributed by atoms with Crippen molar-refractivity contribution in [2.45, 2.75) is 18.4 Å². The standard InChI is InChI=1S/C23H20N2O4S/c1-17-6-2-3-8-21(17)29-19-10-12-20(13-11-19)30(26,27)25-16-18-7-4-14-24-23(18)22-9-5-15-28-22/h2-15,25H,16H2,1H3. The lowest BCUT2D eigenvalue weighted by Gasteiger charge is -2.11. The van der Waals surface area contributed by atoms with Crippen LogP contribution in [0.5, 0.6) is 11.5 Å². The molecule has 0 bridgehead atoms. The summed E-state index contributed by atoms with van der Waals surface area (Å²) in [4.78, 5) is 4.46. The molecule has 4 aromatic rings. The first kappa shape index (κ1) is 19.9. The molecule has 0 aliphatic carbocycles. The Balaban J connectivity index is 1.48. The van der Waals surface area contributed by atoms with Crippen molar-refractivity contribution in [1.82, 2.24) is 9.71 Å². The highest BCUT2D eigenvalue weighted by molar-refractivity contribution is 7.89. The van der Waals surface area contributed by atoms with Crippen LogP contribution in [0, 0.1) is 6.92 Å². The van der Waals surface area contributed by atoms with Crippen molar-refractivity contribution in [2.24, 2.45) is 0 Å². The number of furan rings is 1. The molecule has 0 spiro atoms. The fraction of sp³-hybridized carbons (Fsp3) is 0.0870. The quantitative estimate of drug-likeness (QED) is 0.459. The van der Waals surface area contributed by atoms with Gasteiger partial charge in [-0.1, -0.05) is 24.3 Å². The van der Waals surface area contributed by atoms with Crippen molar-refractivity contribution < 1.29 is 17.6 Å². The summed E-state index contributed by atoms with van der Waals surface area (Å²) in [6.45, 7) is 2.04. The highest BCUT2D eigenvalue weighted by Crippen LogP contribution is 2.26. The maximum Gasteiger partial charge on any atom is 0.240 e. The molecule has 152 valence electrons. The lowest BCUT2D eigenvalue weighted by Crippen LogP contribution is -2.23. The van der Waals surface area contributed by atoms with Gasteiger partial charge in [0.25, 0.3) is 0 Å². The van der Waals surface area contributed by atoms with Crippen LogP contribution in [-0.2, 0) is 16.6 Å². The van der Waals surface area contributed by atoms with Gasteiger partial charge in [-0.15, -0.1) is 0 Å². The molecular weight excluding hydrogens is 400 g/mol. The Bertz CT molecular complexity index is 1230. The number of para-hydroxylation sites is 1. The molecule has 7 heteroatoms. The molecule has 0 radical (unpaired) electrons. The molecule has 1 N–H and O–H groups in total. The minimum atomic E-state index is -3.71. The first-order chi connectivity index (χ1) is 14.5. The lowest BCUT2D eigenvalue weighted by molar-refractivity contribution is 0.478. The van der Waals surface area contributed by atoms with Crippen LogP contribution in [-0.4, -0.2) is 13.4 Å². The number of nitrogens with one attached hydrogen (secondary N) is 1. The highest BCUT2D eigenvalue weighted by Gasteiger charge is 2.16. The molecule has 2 aromatic heterocycles. The summed E-state index contributed by atoms with van der Waals surface area (Å²) in [6.07, 6.45) is 3.20. The predicted octanol–water partition coefficient (Wildman–Crippen LogP) is 4.92. The molecule has 0 saturated carbocycles. The van der Waals surface area contributed by atoms with Gasteiger partial charge in [0.05, 0.1) is 11.2 Å². The topological polar surface area (TPSA) is 81.4 Å². The number of hydrogen-bond donors (Lipinski definition) is 1. The molecule has 0 aliphatic heterocycles. The molecule has 4 rings (SSSR count). The van der Waals surface area contributed by atoms with Gasteiger partial charge in [0.1, 0.15) is 17.2 Å². The molecule has 6 nitrogen and oxygen atoms in total. The van der Waals surface area contributed by atoms with Crippen LogP contribution < -0.4 is 9.46 Å². The second kappa shape index (κ2) is 8.52. The summed E-state index contributed by atoms with van der Waals surface area (Å²) in [6, 6.07) is 21.1. The second-order valence-corrected chi connectivity index (χ2v) is 8.42. The summed E-state index contributed by atoms with van der Waals surface area (Å²) in [5, 5.41) is 0. The Kier molecular flexibility index (Phi) is 5.65. The minimum Gasteiger partial charge on any atom is -0.463 e. The number of hydrogen-bond acceptors (Lipinski definition) is 5. The molecule has 0 atom stereocenters. The zero-order chi connectivity index (χ0) is 21.0. The number of aryl methyl sites for hydroxylation is 1. The second-order valence-electron chi connectivity index (χ2n) is 6.65. The van der Waals surface area contributed by atoms with Gasteiger partial charge in [-0.05, 0) is 66.6 Å². The van der Waals surface area contributed by atoms with E-state index in [0.29, 0.717) is 17.2 Å². The first-order valence-corrected chi connectivity index (χ1v) is 10.8. The SMILES string of the molecule is Cc1ccccc1Oc1ccc(S(=O)(=O)NCc2cccnc2-c2ccco2)cc1. The van der Waals surface area contributed by atoms with E-state index in [4.69, 9.17) is 9.15 Å². The molecule has 2 heterocycles. The number of ether oxygens (including phenoxy) is 1. The van der Waals surface area contributed by atoms with E-state index < -0.39 is 10.0 Å². The van der Waals surface area contributed by atoms with Crippen LogP contribution >= 0.6 is 0 Å². The Morgan fingerprint density at radius 2 is 1.77 bits per heavy atom. The minimum absolute atomic E-state index is 0.0909. The maximum absolute atomic E-state index is 12.7. The molecule has 0 unspecified atom stereocenters. The van der Waals surface area contributed by atoms with Gasteiger partial charge in [0.2, 0.25) is 10.0 Å². The van der Waals surface area contributed by atoms with Crippen molar-refractivity contribution in [3.8, 4) is 23.0 Å². The molecule has 0 amide bonds. The zero-order valence-electron chi connectivity index (χ0n) is 16.3. The fourth-order valence-electron chi connectivity index (χ4n) is 2.96. The van der Waals surface area contributed by atoms with Crippen LogP contribution in [0.4, 0.5) is 0 Å². The smallest absolute Gasteiger partial charge is 0.240 e. The third-order valence-corrected chi connectivity index (χ3v) is 5.97. The Morgan fingerprint density at radius 3 is 2.50 bits per heavy atom. The number of pyridine rings is 1. The summed E-state index contributed by atoms with van der Waals surface area (Å²) in [5.74, 6) is 1.88. The average Bonchev–Trinajstić information content (AvgIpc) is 3.29. The third kappa shape index (κ3) is 4.42. The van der Waals surface area contributed by atoms with Gasteiger partial charge in [-0.25, -0.2) is 13.1 Å². The normalized spacial score (nSPS) is 11.4. The van der Waals surface area contributed by atoms with Gasteiger partial charge >= 0.3 is 0 Å². The van der Waals surface area contributed by atoms with Crippen LogP contribution in [0.15, 0.2) is 94.6 Å². The van der Waals surface area contributed by atoms with E-state index in [9.17, 15) is 8.42 Å². The Labute approximate surface area is 175 Å². The maximum atomic E-state index is 12.7. The molecule has 0 aliphatic rings. The van der Waals surface area contributed by atoms with Crippen LogP contribution in [0.1, 0.15) is 11.1 Å². The van der Waals surface area contributed by atoms with Crippen molar-refractivity contribution >= 4 is 10.0 Å². The van der Waals surface area contributed by atoms with Crippen LogP contribution in [0.3, 0.4) is 0 Å². The number of sulfonamides is 1. The highest BCUT2D eigenvalue weighted by atomic mass is 32.2. The summed E-state index contributed by atoms with van der Waals surface area (Å²) in [5.41, 5.74) is 2.32. The van der Waals surface area contributed by atoms with Crippen LogP contribution in [0.25, 0.3) is 11.5 Å². The monoisotopic (exact) mass is 420 g/mol. The number of rotatable bonds is 7. The van der Waals surface area contributed by atoms with Crippen molar-refractivity contribution in [1.29, 1.82) is 0 Å². The van der Waals surface area contributed by atoms with Gasteiger partial charge in [0.15, 0.2) is 5.76 Å². The van der Waals surface area contributed by atoms with Gasteiger partial charge < -0.3 is 9.15 Å². The summed E-state index contributed by atoms with van der Waals surface area (Å²) < 4.78 is 39.3. The van der Waals surface area contributed by atoms with E-state index in [1.807, 2.05) is 37.3 Å². The molecular formula is C23H20N2O4S. The fourth-order valence-corrected chi connectivity index (χ4v) is 3.96. The van der Waals surface area contributed by atoms with Gasteiger partial charge in [-0.3, -0.25) is 4.98 Å². The van der Waals surface area contributed by atoms with E-state index in [-0.39, 0.29) is 11.4 Å². The molecule has 0 saturated heterocycles. The van der Waals surface area contributed by atoms with E-state index in [1.165, 1.54) is 12.1 Å². The van der Waals surface area contributed by atoms with Crippen molar-refractivity contribution in [3.05, 3.63) is 96.4 Å². The van der Waals surface area contributed by atoms with Crippen molar-refractivity contribution in [2.75, 3.05) is 0 Å². The summed E-state index contributed by atoms with van der Waals surface area (Å²) in [7, 11) is -3.71.